The lowest BCUT2D eigenvalue weighted by molar-refractivity contribution is -0.145. The van der Waals surface area contributed by atoms with Crippen molar-refractivity contribution in [3.05, 3.63) is 63.1 Å². The molecule has 9 heteroatoms. The molecule has 2 fully saturated rings. The van der Waals surface area contributed by atoms with Crippen molar-refractivity contribution >= 4 is 39.6 Å². The highest BCUT2D eigenvalue weighted by atomic mass is 79.9. The Morgan fingerprint density at radius 1 is 1.21 bits per heavy atom. The molecular formula is C24H26BrClN2O5. The van der Waals surface area contributed by atoms with Crippen LogP contribution in [0.4, 0.5) is 4.79 Å². The average Bonchev–Trinajstić information content (AvgIpc) is 3.27. The predicted octanol–water partition coefficient (Wildman–Crippen LogP) is 4.68. The summed E-state index contributed by atoms with van der Waals surface area (Å²) in [6.45, 7) is 4.05. The lowest BCUT2D eigenvalue weighted by atomic mass is 9.89. The Morgan fingerprint density at radius 3 is 2.67 bits per heavy atom. The molecule has 176 valence electrons. The fraction of sp³-hybridized carbons (Fsp3) is 0.417. The lowest BCUT2D eigenvalue weighted by Crippen LogP contribution is -2.42. The summed E-state index contributed by atoms with van der Waals surface area (Å²) in [6.07, 6.45) is 0.240. The van der Waals surface area contributed by atoms with Crippen LogP contribution in [0.2, 0.25) is 5.02 Å². The SMILES string of the molecule is CCOC(=O)C1NC(c2ccccc2Br)CC1c1ccc(OC(=O)N2CCOCC2)c(Cl)c1. The number of benzene rings is 2. The van der Waals surface area contributed by atoms with E-state index in [4.69, 9.17) is 25.8 Å². The predicted molar refractivity (Wildman–Crippen MR) is 128 cm³/mol. The van der Waals surface area contributed by atoms with Crippen molar-refractivity contribution in [1.29, 1.82) is 0 Å². The van der Waals surface area contributed by atoms with Crippen LogP contribution in [0.25, 0.3) is 0 Å². The van der Waals surface area contributed by atoms with Gasteiger partial charge in [-0.25, -0.2) is 4.79 Å². The van der Waals surface area contributed by atoms with Gasteiger partial charge >= 0.3 is 12.1 Å². The first-order valence-electron chi connectivity index (χ1n) is 11.0. The van der Waals surface area contributed by atoms with E-state index >= 15 is 0 Å². The standard InChI is InChI=1S/C24H26BrClN2O5/c1-2-32-23(29)22-17(14-20(27-22)16-5-3-4-6-18(16)25)15-7-8-21(19(26)13-15)33-24(30)28-9-11-31-12-10-28/h3-8,13,17,20,22,27H,2,9-12,14H2,1H3. The van der Waals surface area contributed by atoms with Gasteiger partial charge in [-0.1, -0.05) is 51.8 Å². The van der Waals surface area contributed by atoms with Crippen LogP contribution in [0.3, 0.4) is 0 Å². The quantitative estimate of drug-likeness (QED) is 0.558. The lowest BCUT2D eigenvalue weighted by Gasteiger charge is -2.26. The van der Waals surface area contributed by atoms with Crippen LogP contribution in [0.15, 0.2) is 46.9 Å². The molecule has 0 saturated carbocycles. The minimum Gasteiger partial charge on any atom is -0.465 e. The zero-order valence-corrected chi connectivity index (χ0v) is 20.6. The zero-order valence-electron chi connectivity index (χ0n) is 18.3. The van der Waals surface area contributed by atoms with E-state index in [-0.39, 0.29) is 23.7 Å². The summed E-state index contributed by atoms with van der Waals surface area (Å²) in [5, 5.41) is 3.76. The Hall–Kier alpha value is -2.13. The second-order valence-corrected chi connectivity index (χ2v) is 9.23. The number of carbonyl (C=O) groups is 2. The molecule has 4 rings (SSSR count). The third-order valence-corrected chi connectivity index (χ3v) is 6.96. The number of morpholine rings is 1. The normalized spacial score (nSPS) is 22.8. The first-order chi connectivity index (χ1) is 16.0. The molecule has 7 nitrogen and oxygen atoms in total. The van der Waals surface area contributed by atoms with Gasteiger partial charge in [-0.2, -0.15) is 0 Å². The summed E-state index contributed by atoms with van der Waals surface area (Å²) in [5.41, 5.74) is 1.96. The van der Waals surface area contributed by atoms with Crippen LogP contribution in [0, 0.1) is 0 Å². The number of halogens is 2. The van der Waals surface area contributed by atoms with E-state index < -0.39 is 12.1 Å². The molecule has 0 aliphatic carbocycles. The molecule has 2 aromatic carbocycles. The van der Waals surface area contributed by atoms with Gasteiger partial charge in [0.1, 0.15) is 6.04 Å². The van der Waals surface area contributed by atoms with Gasteiger partial charge in [0.25, 0.3) is 0 Å². The molecule has 2 aliphatic rings. The van der Waals surface area contributed by atoms with Crippen LogP contribution in [0.5, 0.6) is 5.75 Å². The molecule has 1 amide bonds. The number of hydrogen-bond acceptors (Lipinski definition) is 6. The summed E-state index contributed by atoms with van der Waals surface area (Å²) in [6, 6.07) is 12.7. The molecule has 0 radical (unpaired) electrons. The van der Waals surface area contributed by atoms with E-state index in [0.29, 0.717) is 44.4 Å². The Balaban J connectivity index is 1.54. The topological polar surface area (TPSA) is 77.1 Å². The first kappa shape index (κ1) is 24.0. The van der Waals surface area contributed by atoms with Gasteiger partial charge in [0.15, 0.2) is 5.75 Å². The van der Waals surface area contributed by atoms with Gasteiger partial charge in [0.05, 0.1) is 24.8 Å². The van der Waals surface area contributed by atoms with Crippen molar-refractivity contribution in [3.63, 3.8) is 0 Å². The van der Waals surface area contributed by atoms with Crippen molar-refractivity contribution in [2.75, 3.05) is 32.9 Å². The molecule has 0 spiro atoms. The number of nitrogens with zero attached hydrogens (tertiary/aromatic N) is 1. The summed E-state index contributed by atoms with van der Waals surface area (Å²) in [7, 11) is 0. The second kappa shape index (κ2) is 10.9. The van der Waals surface area contributed by atoms with Crippen LogP contribution in [-0.4, -0.2) is 55.9 Å². The van der Waals surface area contributed by atoms with E-state index in [1.54, 1.807) is 24.0 Å². The fourth-order valence-corrected chi connectivity index (χ4v) is 5.08. The molecule has 2 heterocycles. The van der Waals surface area contributed by atoms with Gasteiger partial charge in [-0.15, -0.1) is 0 Å². The number of rotatable bonds is 5. The molecule has 33 heavy (non-hydrogen) atoms. The Kier molecular flexibility index (Phi) is 7.90. The third kappa shape index (κ3) is 5.51. The number of esters is 1. The number of hydrogen-bond donors (Lipinski definition) is 1. The van der Waals surface area contributed by atoms with Crippen LogP contribution >= 0.6 is 27.5 Å². The number of carbonyl (C=O) groups excluding carboxylic acids is 2. The number of nitrogens with one attached hydrogen (secondary N) is 1. The van der Waals surface area contributed by atoms with Crippen molar-refractivity contribution in [3.8, 4) is 5.75 Å². The summed E-state index contributed by atoms with van der Waals surface area (Å²) in [5.74, 6) is -0.156. The Labute approximate surface area is 206 Å². The van der Waals surface area contributed by atoms with Crippen LogP contribution in [-0.2, 0) is 14.3 Å². The minimum atomic E-state index is -0.514. The van der Waals surface area contributed by atoms with Crippen LogP contribution in [0.1, 0.15) is 36.4 Å². The smallest absolute Gasteiger partial charge is 0.415 e. The highest BCUT2D eigenvalue weighted by molar-refractivity contribution is 9.10. The molecule has 2 aromatic rings. The van der Waals surface area contributed by atoms with Crippen molar-refractivity contribution in [2.24, 2.45) is 0 Å². The highest BCUT2D eigenvalue weighted by Gasteiger charge is 2.41. The average molecular weight is 538 g/mol. The molecule has 2 saturated heterocycles. The molecule has 3 atom stereocenters. The maximum Gasteiger partial charge on any atom is 0.415 e. The summed E-state index contributed by atoms with van der Waals surface area (Å²) in [4.78, 5) is 26.8. The minimum absolute atomic E-state index is 0.0300. The molecule has 3 unspecified atom stereocenters. The Bertz CT molecular complexity index is 1010. The fourth-order valence-electron chi connectivity index (χ4n) is 4.29. The molecular weight excluding hydrogens is 512 g/mol. The second-order valence-electron chi connectivity index (χ2n) is 7.97. The summed E-state index contributed by atoms with van der Waals surface area (Å²) < 4.78 is 17.1. The molecule has 0 bridgehead atoms. The van der Waals surface area contributed by atoms with Gasteiger partial charge in [-0.3, -0.25) is 10.1 Å². The third-order valence-electron chi connectivity index (χ3n) is 5.94. The zero-order chi connectivity index (χ0) is 23.4. The van der Waals surface area contributed by atoms with E-state index in [2.05, 4.69) is 21.2 Å². The van der Waals surface area contributed by atoms with Crippen LogP contribution < -0.4 is 10.1 Å². The molecule has 0 aromatic heterocycles. The monoisotopic (exact) mass is 536 g/mol. The Morgan fingerprint density at radius 2 is 1.97 bits per heavy atom. The highest BCUT2D eigenvalue weighted by Crippen LogP contribution is 2.42. The van der Waals surface area contributed by atoms with E-state index in [1.165, 1.54) is 0 Å². The number of ether oxygens (including phenoxy) is 3. The first-order valence-corrected chi connectivity index (χ1v) is 12.2. The number of amides is 1. The van der Waals surface area contributed by atoms with Crippen molar-refractivity contribution < 1.29 is 23.8 Å². The van der Waals surface area contributed by atoms with Crippen molar-refractivity contribution in [1.82, 2.24) is 10.2 Å². The van der Waals surface area contributed by atoms with Gasteiger partial charge in [-0.05, 0) is 42.7 Å². The van der Waals surface area contributed by atoms with Gasteiger partial charge in [0, 0.05) is 29.5 Å². The van der Waals surface area contributed by atoms with Gasteiger partial charge < -0.3 is 19.1 Å². The van der Waals surface area contributed by atoms with E-state index in [1.807, 2.05) is 30.3 Å². The molecule has 1 N–H and O–H groups in total. The molecule has 2 aliphatic heterocycles. The maximum absolute atomic E-state index is 12.7. The van der Waals surface area contributed by atoms with Gasteiger partial charge in [0.2, 0.25) is 0 Å². The van der Waals surface area contributed by atoms with E-state index in [9.17, 15) is 9.59 Å². The van der Waals surface area contributed by atoms with Crippen molar-refractivity contribution in [2.45, 2.75) is 31.3 Å². The largest absolute Gasteiger partial charge is 0.465 e. The van der Waals surface area contributed by atoms with E-state index in [0.717, 1.165) is 15.6 Å². The maximum atomic E-state index is 12.7. The summed E-state index contributed by atoms with van der Waals surface area (Å²) >= 11 is 10.1.